The maximum Gasteiger partial charge on any atom is 0.119 e. The molecule has 0 bridgehead atoms. The van der Waals surface area contributed by atoms with Crippen LogP contribution in [-0.4, -0.2) is 12.6 Å². The van der Waals surface area contributed by atoms with Crippen molar-refractivity contribution in [2.45, 2.75) is 39.2 Å². The van der Waals surface area contributed by atoms with E-state index in [2.05, 4.69) is 44.3 Å². The van der Waals surface area contributed by atoms with Crippen molar-refractivity contribution in [1.29, 1.82) is 0 Å². The molecule has 1 heterocycles. The zero-order valence-corrected chi connectivity index (χ0v) is 11.1. The number of methoxy groups -OCH3 is 1. The molecule has 2 heteroatoms. The summed E-state index contributed by atoms with van der Waals surface area (Å²) in [5, 5.41) is 3.61. The lowest BCUT2D eigenvalue weighted by Crippen LogP contribution is -2.34. The average Bonchev–Trinajstić information content (AvgIpc) is 2.37. The van der Waals surface area contributed by atoms with Gasteiger partial charge in [0.05, 0.1) is 12.6 Å². The number of nitrogens with one attached hydrogen (secondary N) is 1. The van der Waals surface area contributed by atoms with Crippen LogP contribution in [0.3, 0.4) is 0 Å². The van der Waals surface area contributed by atoms with Crippen molar-refractivity contribution < 1.29 is 4.74 Å². The Balaban J connectivity index is 2.50. The Kier molecular flexibility index (Phi) is 3.14. The minimum Gasteiger partial charge on any atom is -0.497 e. The average molecular weight is 231 g/mol. The molecule has 1 N–H and O–H groups in total. The van der Waals surface area contributed by atoms with Crippen LogP contribution in [0.2, 0.25) is 0 Å². The predicted octanol–water partition coefficient (Wildman–Crippen LogP) is 4.08. The van der Waals surface area contributed by atoms with Gasteiger partial charge in [-0.1, -0.05) is 19.9 Å². The molecule has 2 nitrogen and oxygen atoms in total. The van der Waals surface area contributed by atoms with Gasteiger partial charge in [0.2, 0.25) is 0 Å². The van der Waals surface area contributed by atoms with E-state index in [1.165, 1.54) is 16.8 Å². The molecule has 0 fully saturated rings. The van der Waals surface area contributed by atoms with Crippen LogP contribution < -0.4 is 10.1 Å². The largest absolute Gasteiger partial charge is 0.497 e. The molecular formula is C15H21NO. The van der Waals surface area contributed by atoms with Gasteiger partial charge < -0.3 is 10.1 Å². The lowest BCUT2D eigenvalue weighted by atomic mass is 9.86. The minimum absolute atomic E-state index is 0.0763. The summed E-state index contributed by atoms with van der Waals surface area (Å²) in [7, 11) is 1.71. The third kappa shape index (κ3) is 2.17. The summed E-state index contributed by atoms with van der Waals surface area (Å²) >= 11 is 0. The second-order valence-corrected chi connectivity index (χ2v) is 4.83. The van der Waals surface area contributed by atoms with Gasteiger partial charge in [0.1, 0.15) is 5.75 Å². The molecule has 0 aromatic heterocycles. The second-order valence-electron chi connectivity index (χ2n) is 4.83. The molecule has 1 aliphatic heterocycles. The van der Waals surface area contributed by atoms with Crippen LogP contribution in [0.15, 0.2) is 24.3 Å². The Bertz CT molecular complexity index is 450. The standard InChI is InChI=1S/C15H21NO/c1-5-11-10-15(3,6-2)16-14-8-7-12(17-4)9-13(11)14/h7-10,16H,5-6H2,1-4H3. The zero-order chi connectivity index (χ0) is 12.5. The molecule has 1 aliphatic rings. The van der Waals surface area contributed by atoms with Gasteiger partial charge in [-0.3, -0.25) is 0 Å². The van der Waals surface area contributed by atoms with Crippen molar-refractivity contribution in [3.05, 3.63) is 29.8 Å². The molecule has 1 atom stereocenters. The fraction of sp³-hybridized carbons (Fsp3) is 0.467. The van der Waals surface area contributed by atoms with Gasteiger partial charge in [0, 0.05) is 11.3 Å². The zero-order valence-electron chi connectivity index (χ0n) is 11.1. The number of hydrogen-bond donors (Lipinski definition) is 1. The maximum atomic E-state index is 5.30. The fourth-order valence-corrected chi connectivity index (χ4v) is 2.31. The van der Waals surface area contributed by atoms with Crippen molar-refractivity contribution in [1.82, 2.24) is 0 Å². The molecule has 0 amide bonds. The Morgan fingerprint density at radius 3 is 2.65 bits per heavy atom. The third-order valence-corrected chi connectivity index (χ3v) is 3.60. The molecule has 0 aliphatic carbocycles. The molecule has 0 saturated carbocycles. The first-order valence-electron chi connectivity index (χ1n) is 6.30. The van der Waals surface area contributed by atoms with Crippen LogP contribution in [-0.2, 0) is 0 Å². The Morgan fingerprint density at radius 1 is 1.29 bits per heavy atom. The normalized spacial score (nSPS) is 22.5. The van der Waals surface area contributed by atoms with Crippen molar-refractivity contribution >= 4 is 11.3 Å². The highest BCUT2D eigenvalue weighted by atomic mass is 16.5. The van der Waals surface area contributed by atoms with E-state index in [0.29, 0.717) is 0 Å². The van der Waals surface area contributed by atoms with Gasteiger partial charge >= 0.3 is 0 Å². The fourth-order valence-electron chi connectivity index (χ4n) is 2.31. The lowest BCUT2D eigenvalue weighted by molar-refractivity contribution is 0.414. The molecule has 1 unspecified atom stereocenters. The van der Waals surface area contributed by atoms with Crippen LogP contribution in [0.25, 0.3) is 5.57 Å². The summed E-state index contributed by atoms with van der Waals surface area (Å²) in [5.74, 6) is 0.921. The van der Waals surface area contributed by atoms with E-state index >= 15 is 0 Å². The van der Waals surface area contributed by atoms with Gasteiger partial charge in [-0.25, -0.2) is 0 Å². The molecule has 1 aromatic carbocycles. The third-order valence-electron chi connectivity index (χ3n) is 3.60. The van der Waals surface area contributed by atoms with Gasteiger partial charge in [-0.15, -0.1) is 0 Å². The molecular weight excluding hydrogens is 210 g/mol. The van der Waals surface area contributed by atoms with E-state index in [0.717, 1.165) is 18.6 Å². The number of anilines is 1. The topological polar surface area (TPSA) is 21.3 Å². The first-order chi connectivity index (χ1) is 8.11. The monoisotopic (exact) mass is 231 g/mol. The number of rotatable bonds is 3. The van der Waals surface area contributed by atoms with Gasteiger partial charge in [-0.2, -0.15) is 0 Å². The SMILES string of the molecule is CCC1=CC(C)(CC)Nc2ccc(OC)cc21. The molecule has 0 spiro atoms. The lowest BCUT2D eigenvalue weighted by Gasteiger charge is -2.34. The van der Waals surface area contributed by atoms with E-state index in [1.807, 2.05) is 6.07 Å². The van der Waals surface area contributed by atoms with Crippen LogP contribution in [0.1, 0.15) is 39.2 Å². The molecule has 17 heavy (non-hydrogen) atoms. The van der Waals surface area contributed by atoms with Gasteiger partial charge in [0.15, 0.2) is 0 Å². The number of allylic oxidation sites excluding steroid dienone is 1. The van der Waals surface area contributed by atoms with Crippen LogP contribution >= 0.6 is 0 Å². The number of ether oxygens (including phenoxy) is 1. The quantitative estimate of drug-likeness (QED) is 0.846. The van der Waals surface area contributed by atoms with Crippen LogP contribution in [0, 0.1) is 0 Å². The van der Waals surface area contributed by atoms with Crippen LogP contribution in [0.5, 0.6) is 5.75 Å². The van der Waals surface area contributed by atoms with Crippen molar-refractivity contribution in [2.24, 2.45) is 0 Å². The molecule has 0 radical (unpaired) electrons. The predicted molar refractivity (Wildman–Crippen MR) is 73.6 cm³/mol. The first kappa shape index (κ1) is 12.0. The van der Waals surface area contributed by atoms with Crippen LogP contribution in [0.4, 0.5) is 5.69 Å². The summed E-state index contributed by atoms with van der Waals surface area (Å²) in [5.41, 5.74) is 3.97. The van der Waals surface area contributed by atoms with Crippen molar-refractivity contribution in [3.63, 3.8) is 0 Å². The van der Waals surface area contributed by atoms with E-state index in [4.69, 9.17) is 4.74 Å². The number of benzene rings is 1. The van der Waals surface area contributed by atoms with Crippen molar-refractivity contribution in [2.75, 3.05) is 12.4 Å². The smallest absolute Gasteiger partial charge is 0.119 e. The van der Waals surface area contributed by atoms with Gasteiger partial charge in [0.25, 0.3) is 0 Å². The second kappa shape index (κ2) is 4.44. The van der Waals surface area contributed by atoms with E-state index in [-0.39, 0.29) is 5.54 Å². The number of fused-ring (bicyclic) bond motifs is 1. The molecule has 2 rings (SSSR count). The van der Waals surface area contributed by atoms with E-state index in [1.54, 1.807) is 7.11 Å². The minimum atomic E-state index is 0.0763. The Morgan fingerprint density at radius 2 is 2.06 bits per heavy atom. The summed E-state index contributed by atoms with van der Waals surface area (Å²) in [6.45, 7) is 6.66. The Labute approximate surface area is 104 Å². The summed E-state index contributed by atoms with van der Waals surface area (Å²) in [4.78, 5) is 0. The summed E-state index contributed by atoms with van der Waals surface area (Å²) in [6.07, 6.45) is 4.49. The highest BCUT2D eigenvalue weighted by Crippen LogP contribution is 2.38. The molecule has 0 saturated heterocycles. The van der Waals surface area contributed by atoms with Gasteiger partial charge in [-0.05, 0) is 43.5 Å². The maximum absolute atomic E-state index is 5.30. The van der Waals surface area contributed by atoms with Crippen molar-refractivity contribution in [3.8, 4) is 5.75 Å². The Hall–Kier alpha value is -1.44. The van der Waals surface area contributed by atoms with E-state index < -0.39 is 0 Å². The summed E-state index contributed by atoms with van der Waals surface area (Å²) in [6, 6.07) is 6.25. The molecule has 92 valence electrons. The molecule has 1 aromatic rings. The summed E-state index contributed by atoms with van der Waals surface area (Å²) < 4.78 is 5.30. The highest BCUT2D eigenvalue weighted by molar-refractivity contribution is 5.81. The number of hydrogen-bond acceptors (Lipinski definition) is 2. The first-order valence-corrected chi connectivity index (χ1v) is 6.30. The highest BCUT2D eigenvalue weighted by Gasteiger charge is 2.26. The van der Waals surface area contributed by atoms with E-state index in [9.17, 15) is 0 Å².